The van der Waals surface area contributed by atoms with Gasteiger partial charge in [-0.15, -0.1) is 0 Å². The average Bonchev–Trinajstić information content (AvgIpc) is 3.06. The number of carbonyl (C=O) groups is 1. The van der Waals surface area contributed by atoms with Gasteiger partial charge in [-0.05, 0) is 25.0 Å². The zero-order valence-corrected chi connectivity index (χ0v) is 13.8. The van der Waals surface area contributed by atoms with Crippen LogP contribution >= 0.6 is 11.6 Å². The number of hydrogen-bond acceptors (Lipinski definition) is 4. The Morgan fingerprint density at radius 2 is 1.91 bits per heavy atom. The molecule has 0 N–H and O–H groups in total. The first-order chi connectivity index (χ1) is 11.0. The van der Waals surface area contributed by atoms with Crippen LogP contribution in [-0.2, 0) is 10.0 Å². The molecule has 1 atom stereocenters. The quantitative estimate of drug-likeness (QED) is 0.628. The molecule has 1 fully saturated rings. The molecule has 0 amide bonds. The second-order valence-electron chi connectivity index (χ2n) is 5.32. The van der Waals surface area contributed by atoms with Gasteiger partial charge in [0.1, 0.15) is 10.0 Å². The largest absolute Gasteiger partial charge is 0.292 e. The Kier molecular flexibility index (Phi) is 4.48. The van der Waals surface area contributed by atoms with Crippen LogP contribution in [0.2, 0.25) is 5.15 Å². The summed E-state index contributed by atoms with van der Waals surface area (Å²) >= 11 is 5.71. The molecule has 0 bridgehead atoms. The summed E-state index contributed by atoms with van der Waals surface area (Å²) in [7, 11) is -3.77. The molecule has 0 aliphatic carbocycles. The summed E-state index contributed by atoms with van der Waals surface area (Å²) in [4.78, 5) is 16.5. The summed E-state index contributed by atoms with van der Waals surface area (Å²) in [6, 6.07) is 10.9. The van der Waals surface area contributed by atoms with E-state index in [-0.39, 0.29) is 15.8 Å². The summed E-state index contributed by atoms with van der Waals surface area (Å²) in [5.41, 5.74) is 0.522. The Labute approximate surface area is 140 Å². The Morgan fingerprint density at radius 1 is 1.17 bits per heavy atom. The second-order valence-corrected chi connectivity index (χ2v) is 7.60. The van der Waals surface area contributed by atoms with E-state index >= 15 is 0 Å². The van der Waals surface area contributed by atoms with E-state index in [1.54, 1.807) is 24.3 Å². The first-order valence-corrected chi connectivity index (χ1v) is 9.04. The van der Waals surface area contributed by atoms with Gasteiger partial charge < -0.3 is 0 Å². The molecule has 0 spiro atoms. The van der Waals surface area contributed by atoms with Crippen LogP contribution < -0.4 is 0 Å². The molecule has 1 aromatic carbocycles. The predicted octanol–water partition coefficient (Wildman–Crippen LogP) is 2.77. The van der Waals surface area contributed by atoms with Crippen molar-refractivity contribution in [1.29, 1.82) is 0 Å². The summed E-state index contributed by atoms with van der Waals surface area (Å²) in [6.07, 6.45) is 2.40. The van der Waals surface area contributed by atoms with Crippen molar-refractivity contribution in [2.24, 2.45) is 0 Å². The smallest absolute Gasteiger partial charge is 0.245 e. The van der Waals surface area contributed by atoms with E-state index in [0.717, 1.165) is 0 Å². The van der Waals surface area contributed by atoms with E-state index in [0.29, 0.717) is 24.9 Å². The minimum absolute atomic E-state index is 0.0506. The molecule has 2 heterocycles. The highest BCUT2D eigenvalue weighted by molar-refractivity contribution is 7.89. The van der Waals surface area contributed by atoms with Crippen LogP contribution in [0.4, 0.5) is 0 Å². The Bertz CT molecular complexity index is 807. The lowest BCUT2D eigenvalue weighted by Crippen LogP contribution is -2.40. The Balaban J connectivity index is 1.92. The van der Waals surface area contributed by atoms with Gasteiger partial charge in [-0.2, -0.15) is 4.31 Å². The summed E-state index contributed by atoms with van der Waals surface area (Å²) in [6.45, 7) is 0.328. The minimum atomic E-state index is -3.77. The van der Waals surface area contributed by atoms with Gasteiger partial charge in [0.2, 0.25) is 10.0 Å². The molecule has 1 aromatic heterocycles. The third-order valence-electron chi connectivity index (χ3n) is 3.87. The zero-order valence-electron chi connectivity index (χ0n) is 12.2. The molecule has 1 saturated heterocycles. The van der Waals surface area contributed by atoms with Crippen LogP contribution in [0.25, 0.3) is 0 Å². The number of aromatic nitrogens is 1. The number of sulfonamides is 1. The first-order valence-electron chi connectivity index (χ1n) is 7.23. The zero-order chi connectivity index (χ0) is 16.4. The lowest BCUT2D eigenvalue weighted by Gasteiger charge is -2.23. The number of carbonyl (C=O) groups excluding carboxylic acids is 1. The topological polar surface area (TPSA) is 67.3 Å². The van der Waals surface area contributed by atoms with Crippen LogP contribution in [0.15, 0.2) is 53.6 Å². The standard InChI is InChI=1S/C16H15ClN2O3S/c17-15-9-8-13(11-18-15)23(21,22)19-10-4-7-14(19)16(20)12-5-2-1-3-6-12/h1-3,5-6,8-9,11,14H,4,7,10H2. The summed E-state index contributed by atoms with van der Waals surface area (Å²) in [5.74, 6) is -0.173. The van der Waals surface area contributed by atoms with Gasteiger partial charge in [-0.3, -0.25) is 4.79 Å². The molecule has 1 unspecified atom stereocenters. The van der Waals surface area contributed by atoms with E-state index in [4.69, 9.17) is 11.6 Å². The molecule has 23 heavy (non-hydrogen) atoms. The molecule has 2 aromatic rings. The summed E-state index contributed by atoms with van der Waals surface area (Å²) in [5, 5.41) is 0.224. The van der Waals surface area contributed by atoms with E-state index in [9.17, 15) is 13.2 Å². The number of pyridine rings is 1. The summed E-state index contributed by atoms with van der Waals surface area (Å²) < 4.78 is 26.8. The normalized spacial score (nSPS) is 18.9. The van der Waals surface area contributed by atoms with Gasteiger partial charge in [0.05, 0.1) is 6.04 Å². The van der Waals surface area contributed by atoms with Crippen molar-refractivity contribution >= 4 is 27.4 Å². The van der Waals surface area contributed by atoms with Crippen molar-refractivity contribution < 1.29 is 13.2 Å². The molecule has 120 valence electrons. The van der Waals surface area contributed by atoms with E-state index in [2.05, 4.69) is 4.98 Å². The van der Waals surface area contributed by atoms with Gasteiger partial charge in [-0.1, -0.05) is 41.9 Å². The Morgan fingerprint density at radius 3 is 2.57 bits per heavy atom. The number of ketones is 1. The van der Waals surface area contributed by atoms with Crippen LogP contribution in [-0.4, -0.2) is 36.1 Å². The number of nitrogens with zero attached hydrogens (tertiary/aromatic N) is 2. The van der Waals surface area contributed by atoms with Gasteiger partial charge in [0, 0.05) is 18.3 Å². The number of benzene rings is 1. The Hall–Kier alpha value is -1.76. The first kappa shape index (κ1) is 16.1. The number of halogens is 1. The molecule has 0 saturated carbocycles. The number of hydrogen-bond donors (Lipinski definition) is 0. The number of Topliss-reactive ketones (excluding diaryl/α,β-unsaturated/α-hetero) is 1. The maximum absolute atomic E-state index is 12.8. The van der Waals surface area contributed by atoms with E-state index in [1.165, 1.54) is 22.6 Å². The van der Waals surface area contributed by atoms with Gasteiger partial charge in [-0.25, -0.2) is 13.4 Å². The third-order valence-corrected chi connectivity index (χ3v) is 5.99. The molecule has 7 heteroatoms. The maximum atomic E-state index is 12.8. The lowest BCUT2D eigenvalue weighted by atomic mass is 10.0. The van der Waals surface area contributed by atoms with Gasteiger partial charge in [0.15, 0.2) is 5.78 Å². The maximum Gasteiger partial charge on any atom is 0.245 e. The predicted molar refractivity (Wildman–Crippen MR) is 86.9 cm³/mol. The van der Waals surface area contributed by atoms with Crippen molar-refractivity contribution in [3.05, 3.63) is 59.4 Å². The fraction of sp³-hybridized carbons (Fsp3) is 0.250. The van der Waals surface area contributed by atoms with E-state index in [1.807, 2.05) is 6.07 Å². The highest BCUT2D eigenvalue weighted by Gasteiger charge is 2.39. The fourth-order valence-corrected chi connectivity index (χ4v) is 4.45. The number of rotatable bonds is 4. The van der Waals surface area contributed by atoms with Crippen molar-refractivity contribution in [3.8, 4) is 0 Å². The molecule has 5 nitrogen and oxygen atoms in total. The molecule has 1 aliphatic heterocycles. The molecule has 0 radical (unpaired) electrons. The van der Waals surface area contributed by atoms with Gasteiger partial charge in [0.25, 0.3) is 0 Å². The minimum Gasteiger partial charge on any atom is -0.292 e. The van der Waals surface area contributed by atoms with Crippen molar-refractivity contribution in [2.75, 3.05) is 6.54 Å². The second kappa shape index (κ2) is 6.39. The van der Waals surface area contributed by atoms with Crippen LogP contribution in [0.5, 0.6) is 0 Å². The fourth-order valence-electron chi connectivity index (χ4n) is 2.73. The average molecular weight is 351 g/mol. The van der Waals surface area contributed by atoms with Gasteiger partial charge >= 0.3 is 0 Å². The van der Waals surface area contributed by atoms with Crippen molar-refractivity contribution in [1.82, 2.24) is 9.29 Å². The van der Waals surface area contributed by atoms with Crippen LogP contribution in [0.1, 0.15) is 23.2 Å². The van der Waals surface area contributed by atoms with Crippen molar-refractivity contribution in [2.45, 2.75) is 23.8 Å². The highest BCUT2D eigenvalue weighted by atomic mass is 35.5. The molecule has 1 aliphatic rings. The van der Waals surface area contributed by atoms with Crippen LogP contribution in [0, 0.1) is 0 Å². The highest BCUT2D eigenvalue weighted by Crippen LogP contribution is 2.28. The SMILES string of the molecule is O=C(c1ccccc1)C1CCCN1S(=O)(=O)c1ccc(Cl)nc1. The molecular formula is C16H15ClN2O3S. The van der Waals surface area contributed by atoms with E-state index < -0.39 is 16.1 Å². The monoisotopic (exact) mass is 350 g/mol. The lowest BCUT2D eigenvalue weighted by molar-refractivity contribution is 0.0918. The third kappa shape index (κ3) is 3.15. The molecular weight excluding hydrogens is 336 g/mol. The molecule has 3 rings (SSSR count). The van der Waals surface area contributed by atoms with Crippen molar-refractivity contribution in [3.63, 3.8) is 0 Å². The van der Waals surface area contributed by atoms with Crippen LogP contribution in [0.3, 0.4) is 0 Å².